The number of sulfonamides is 1. The van der Waals surface area contributed by atoms with E-state index in [2.05, 4.69) is 12.2 Å². The molecule has 0 unspecified atom stereocenters. The van der Waals surface area contributed by atoms with Crippen LogP contribution in [-0.2, 0) is 10.0 Å². The van der Waals surface area contributed by atoms with Crippen molar-refractivity contribution in [3.63, 3.8) is 0 Å². The van der Waals surface area contributed by atoms with E-state index >= 15 is 0 Å². The van der Waals surface area contributed by atoms with E-state index < -0.39 is 10.0 Å². The summed E-state index contributed by atoms with van der Waals surface area (Å²) < 4.78 is 26.5. The Balaban J connectivity index is 2.00. The van der Waals surface area contributed by atoms with Crippen molar-refractivity contribution < 1.29 is 8.42 Å². The molecule has 0 bridgehead atoms. The van der Waals surface area contributed by atoms with Crippen LogP contribution in [0.25, 0.3) is 0 Å². The number of hydrogen-bond donors (Lipinski definition) is 1. The molecular formula is C12H24N2O2S. The van der Waals surface area contributed by atoms with Gasteiger partial charge in [0.2, 0.25) is 10.0 Å². The largest absolute Gasteiger partial charge is 0.314 e. The minimum absolute atomic E-state index is 0.0959. The van der Waals surface area contributed by atoms with E-state index in [0.717, 1.165) is 38.5 Å². The summed E-state index contributed by atoms with van der Waals surface area (Å²) in [5.74, 6) is 0. The molecule has 4 nitrogen and oxygen atoms in total. The quantitative estimate of drug-likeness (QED) is 0.833. The Kier molecular flexibility index (Phi) is 3.80. The van der Waals surface area contributed by atoms with Crippen molar-refractivity contribution in [3.05, 3.63) is 0 Å². The lowest BCUT2D eigenvalue weighted by atomic mass is 9.91. The van der Waals surface area contributed by atoms with Crippen LogP contribution in [0.1, 0.15) is 45.4 Å². The Hall–Kier alpha value is -0.130. The molecule has 0 spiro atoms. The molecule has 0 atom stereocenters. The molecule has 2 rings (SSSR count). The van der Waals surface area contributed by atoms with Crippen molar-refractivity contribution in [2.45, 2.75) is 56.2 Å². The second-order valence-corrected chi connectivity index (χ2v) is 7.87. The first-order chi connectivity index (χ1) is 7.98. The van der Waals surface area contributed by atoms with Gasteiger partial charge in [0, 0.05) is 18.6 Å². The zero-order valence-electron chi connectivity index (χ0n) is 10.9. The molecule has 1 N–H and O–H groups in total. The van der Waals surface area contributed by atoms with Gasteiger partial charge in [-0.15, -0.1) is 0 Å². The average molecular weight is 260 g/mol. The predicted molar refractivity (Wildman–Crippen MR) is 69.4 cm³/mol. The molecule has 1 heterocycles. The molecule has 0 amide bonds. The SMILES string of the molecule is CNC1(C)CCN(S(=O)(=O)C2CCCC2)CC1. The lowest BCUT2D eigenvalue weighted by Gasteiger charge is -2.39. The average Bonchev–Trinajstić information content (AvgIpc) is 2.84. The molecule has 1 aliphatic heterocycles. The van der Waals surface area contributed by atoms with Crippen LogP contribution in [0.2, 0.25) is 0 Å². The first kappa shape index (κ1) is 13.3. The van der Waals surface area contributed by atoms with Gasteiger partial charge in [0.05, 0.1) is 5.25 Å². The summed E-state index contributed by atoms with van der Waals surface area (Å²) in [5.41, 5.74) is 0.113. The van der Waals surface area contributed by atoms with Crippen molar-refractivity contribution in [1.29, 1.82) is 0 Å². The third-order valence-electron chi connectivity index (χ3n) is 4.51. The minimum atomic E-state index is -3.01. The molecule has 17 heavy (non-hydrogen) atoms. The van der Waals surface area contributed by atoms with Crippen LogP contribution in [-0.4, -0.2) is 43.6 Å². The standard InChI is InChI=1S/C12H24N2O2S/c1-12(13-2)7-9-14(10-8-12)17(15,16)11-5-3-4-6-11/h11,13H,3-10H2,1-2H3. The third-order valence-corrected chi connectivity index (χ3v) is 6.91. The van der Waals surface area contributed by atoms with Crippen LogP contribution in [0.3, 0.4) is 0 Å². The van der Waals surface area contributed by atoms with Crippen molar-refractivity contribution in [2.24, 2.45) is 0 Å². The summed E-state index contributed by atoms with van der Waals surface area (Å²) in [7, 11) is -1.06. The molecule has 1 aliphatic carbocycles. The Morgan fingerprint density at radius 1 is 1.18 bits per heavy atom. The van der Waals surface area contributed by atoms with Gasteiger partial charge >= 0.3 is 0 Å². The fraction of sp³-hybridized carbons (Fsp3) is 1.00. The Morgan fingerprint density at radius 2 is 1.71 bits per heavy atom. The second kappa shape index (κ2) is 4.86. The molecule has 100 valence electrons. The molecule has 1 saturated heterocycles. The highest BCUT2D eigenvalue weighted by molar-refractivity contribution is 7.89. The molecule has 0 radical (unpaired) electrons. The van der Waals surface area contributed by atoms with Gasteiger partial charge in [-0.05, 0) is 39.7 Å². The molecule has 2 fully saturated rings. The second-order valence-electron chi connectivity index (χ2n) is 5.66. The molecule has 5 heteroatoms. The molecule has 0 aromatic rings. The fourth-order valence-electron chi connectivity index (χ4n) is 2.88. The van der Waals surface area contributed by atoms with Crippen LogP contribution in [0.5, 0.6) is 0 Å². The van der Waals surface area contributed by atoms with Crippen LogP contribution >= 0.6 is 0 Å². The Bertz CT molecular complexity index is 353. The lowest BCUT2D eigenvalue weighted by Crippen LogP contribution is -2.52. The number of nitrogens with zero attached hydrogens (tertiary/aromatic N) is 1. The molecule has 1 saturated carbocycles. The van der Waals surface area contributed by atoms with E-state index in [1.807, 2.05) is 7.05 Å². The summed E-state index contributed by atoms with van der Waals surface area (Å²) in [6.07, 6.45) is 5.70. The lowest BCUT2D eigenvalue weighted by molar-refractivity contribution is 0.218. The topological polar surface area (TPSA) is 49.4 Å². The summed E-state index contributed by atoms with van der Waals surface area (Å²) >= 11 is 0. The van der Waals surface area contributed by atoms with Crippen molar-refractivity contribution in [2.75, 3.05) is 20.1 Å². The fourth-order valence-corrected chi connectivity index (χ4v) is 4.92. The highest BCUT2D eigenvalue weighted by atomic mass is 32.2. The van der Waals surface area contributed by atoms with Crippen molar-refractivity contribution in [1.82, 2.24) is 9.62 Å². The summed E-state index contributed by atoms with van der Waals surface area (Å²) in [4.78, 5) is 0. The van der Waals surface area contributed by atoms with E-state index in [0.29, 0.717) is 13.1 Å². The Morgan fingerprint density at radius 3 is 2.18 bits per heavy atom. The van der Waals surface area contributed by atoms with Gasteiger partial charge in [-0.2, -0.15) is 0 Å². The summed E-state index contributed by atoms with van der Waals surface area (Å²) in [6.45, 7) is 3.53. The minimum Gasteiger partial charge on any atom is -0.314 e. The maximum absolute atomic E-state index is 12.4. The van der Waals surface area contributed by atoms with Gasteiger partial charge in [0.15, 0.2) is 0 Å². The van der Waals surface area contributed by atoms with Gasteiger partial charge in [-0.1, -0.05) is 12.8 Å². The normalized spacial score (nSPS) is 27.4. The third kappa shape index (κ3) is 2.66. The maximum atomic E-state index is 12.4. The highest BCUT2D eigenvalue weighted by Crippen LogP contribution is 2.30. The van der Waals surface area contributed by atoms with Crippen molar-refractivity contribution >= 4 is 10.0 Å². The van der Waals surface area contributed by atoms with Crippen LogP contribution < -0.4 is 5.32 Å². The monoisotopic (exact) mass is 260 g/mol. The van der Waals surface area contributed by atoms with Gasteiger partial charge in [0.25, 0.3) is 0 Å². The van der Waals surface area contributed by atoms with Gasteiger partial charge < -0.3 is 5.32 Å². The number of hydrogen-bond acceptors (Lipinski definition) is 3. The first-order valence-corrected chi connectivity index (χ1v) is 8.16. The van der Waals surface area contributed by atoms with E-state index in [1.165, 1.54) is 0 Å². The van der Waals surface area contributed by atoms with E-state index in [1.54, 1.807) is 4.31 Å². The zero-order valence-corrected chi connectivity index (χ0v) is 11.7. The summed E-state index contributed by atoms with van der Waals surface area (Å²) in [5, 5.41) is 3.20. The van der Waals surface area contributed by atoms with Crippen LogP contribution in [0.4, 0.5) is 0 Å². The Labute approximate surface area is 105 Å². The smallest absolute Gasteiger partial charge is 0.216 e. The predicted octanol–water partition coefficient (Wildman–Crippen LogP) is 1.33. The molecule has 2 aliphatic rings. The van der Waals surface area contributed by atoms with Crippen molar-refractivity contribution in [3.8, 4) is 0 Å². The van der Waals surface area contributed by atoms with Gasteiger partial charge in [-0.3, -0.25) is 0 Å². The van der Waals surface area contributed by atoms with E-state index in [4.69, 9.17) is 0 Å². The zero-order chi connectivity index (χ0) is 12.5. The van der Waals surface area contributed by atoms with Crippen LogP contribution in [0, 0.1) is 0 Å². The first-order valence-electron chi connectivity index (χ1n) is 6.66. The maximum Gasteiger partial charge on any atom is 0.216 e. The highest BCUT2D eigenvalue weighted by Gasteiger charge is 2.38. The number of piperidine rings is 1. The summed E-state index contributed by atoms with van der Waals surface area (Å²) in [6, 6.07) is 0. The molecule has 0 aromatic carbocycles. The van der Waals surface area contributed by atoms with Gasteiger partial charge in [0.1, 0.15) is 0 Å². The van der Waals surface area contributed by atoms with E-state index in [9.17, 15) is 8.42 Å². The van der Waals surface area contributed by atoms with E-state index in [-0.39, 0.29) is 10.8 Å². The number of nitrogens with one attached hydrogen (secondary N) is 1. The van der Waals surface area contributed by atoms with Crippen LogP contribution in [0.15, 0.2) is 0 Å². The van der Waals surface area contributed by atoms with Gasteiger partial charge in [-0.25, -0.2) is 12.7 Å². The molecular weight excluding hydrogens is 236 g/mol. The molecule has 0 aromatic heterocycles. The number of rotatable bonds is 3.